The third-order valence-corrected chi connectivity index (χ3v) is 3.34. The van der Waals surface area contributed by atoms with Crippen LogP contribution >= 0.6 is 0 Å². The Balaban J connectivity index is 1.51. The van der Waals surface area contributed by atoms with Gasteiger partial charge in [0.05, 0.1) is 19.8 Å². The second kappa shape index (κ2) is 5.21. The van der Waals surface area contributed by atoms with Gasteiger partial charge < -0.3 is 18.9 Å². The fraction of sp³-hybridized carbons (Fsp3) is 0.600. The summed E-state index contributed by atoms with van der Waals surface area (Å²) in [5.74, 6) is -0.544. The minimum absolute atomic E-state index is 0.00854. The summed E-state index contributed by atoms with van der Waals surface area (Å²) in [6.45, 7) is 5.75. The first kappa shape index (κ1) is 13.1. The highest BCUT2D eigenvalue weighted by molar-refractivity contribution is 5.13. The van der Waals surface area contributed by atoms with Gasteiger partial charge in [0.1, 0.15) is 18.3 Å². The third kappa shape index (κ3) is 3.34. The Morgan fingerprint density at radius 2 is 1.95 bits per heavy atom. The quantitative estimate of drug-likeness (QED) is 0.764. The summed E-state index contributed by atoms with van der Waals surface area (Å²) >= 11 is 0. The van der Waals surface area contributed by atoms with Crippen molar-refractivity contribution in [1.29, 1.82) is 0 Å². The first-order valence-corrected chi connectivity index (χ1v) is 6.73. The van der Waals surface area contributed by atoms with Gasteiger partial charge in [-0.3, -0.25) is 0 Å². The molecule has 3 rings (SSSR count). The van der Waals surface area contributed by atoms with E-state index in [0.29, 0.717) is 13.2 Å². The van der Waals surface area contributed by atoms with Gasteiger partial charge in [0.2, 0.25) is 0 Å². The van der Waals surface area contributed by atoms with Gasteiger partial charge in [0.15, 0.2) is 5.79 Å². The summed E-state index contributed by atoms with van der Waals surface area (Å²) < 4.78 is 22.8. The molecule has 1 aromatic rings. The van der Waals surface area contributed by atoms with E-state index in [2.05, 4.69) is 12.1 Å². The van der Waals surface area contributed by atoms with Crippen LogP contribution in [0.15, 0.2) is 30.3 Å². The predicted octanol–water partition coefficient (Wildman–Crippen LogP) is 2.12. The number of epoxide rings is 1. The van der Waals surface area contributed by atoms with Crippen molar-refractivity contribution in [3.05, 3.63) is 35.9 Å². The lowest BCUT2D eigenvalue weighted by Crippen LogP contribution is -2.32. The number of hydrogen-bond acceptors (Lipinski definition) is 4. The number of ether oxygens (including phenoxy) is 4. The molecule has 0 aromatic heterocycles. The van der Waals surface area contributed by atoms with Crippen LogP contribution in [-0.4, -0.2) is 37.3 Å². The van der Waals surface area contributed by atoms with Crippen LogP contribution in [0.25, 0.3) is 0 Å². The first-order valence-electron chi connectivity index (χ1n) is 6.73. The van der Waals surface area contributed by atoms with Crippen LogP contribution in [-0.2, 0) is 25.6 Å². The van der Waals surface area contributed by atoms with E-state index < -0.39 is 5.79 Å². The van der Waals surface area contributed by atoms with E-state index in [1.165, 1.54) is 5.56 Å². The molecule has 4 nitrogen and oxygen atoms in total. The molecule has 0 unspecified atom stereocenters. The maximum atomic E-state index is 5.87. The lowest BCUT2D eigenvalue weighted by molar-refractivity contribution is -0.152. The molecule has 19 heavy (non-hydrogen) atoms. The van der Waals surface area contributed by atoms with Gasteiger partial charge in [0, 0.05) is 0 Å². The molecule has 0 saturated carbocycles. The van der Waals surface area contributed by atoms with Crippen LogP contribution in [0.2, 0.25) is 0 Å². The Bertz CT molecular complexity index is 413. The van der Waals surface area contributed by atoms with E-state index in [4.69, 9.17) is 18.9 Å². The molecular formula is C15H20O4. The molecule has 2 saturated heterocycles. The zero-order chi connectivity index (χ0) is 13.3. The van der Waals surface area contributed by atoms with Crippen LogP contribution in [0.3, 0.4) is 0 Å². The molecular weight excluding hydrogens is 244 g/mol. The fourth-order valence-electron chi connectivity index (χ4n) is 2.42. The van der Waals surface area contributed by atoms with E-state index in [9.17, 15) is 0 Å². The molecule has 1 aromatic carbocycles. The zero-order valence-corrected chi connectivity index (χ0v) is 11.4. The van der Waals surface area contributed by atoms with E-state index in [-0.39, 0.29) is 18.3 Å². The van der Waals surface area contributed by atoms with E-state index in [1.807, 2.05) is 32.0 Å². The zero-order valence-electron chi connectivity index (χ0n) is 11.4. The normalized spacial score (nSPS) is 32.4. The highest BCUT2D eigenvalue weighted by Crippen LogP contribution is 2.34. The van der Waals surface area contributed by atoms with Crippen molar-refractivity contribution < 1.29 is 18.9 Å². The first-order chi connectivity index (χ1) is 9.14. The molecule has 0 spiro atoms. The average molecular weight is 264 g/mol. The maximum Gasteiger partial charge on any atom is 0.164 e. The Hall–Kier alpha value is -0.940. The average Bonchev–Trinajstić information content (AvgIpc) is 3.16. The Morgan fingerprint density at radius 3 is 2.63 bits per heavy atom. The Kier molecular flexibility index (Phi) is 3.58. The van der Waals surface area contributed by atoms with Gasteiger partial charge >= 0.3 is 0 Å². The lowest BCUT2D eigenvalue weighted by atomic mass is 10.1. The summed E-state index contributed by atoms with van der Waals surface area (Å²) in [4.78, 5) is 0. The van der Waals surface area contributed by atoms with Gasteiger partial charge in [-0.25, -0.2) is 0 Å². The van der Waals surface area contributed by atoms with Crippen LogP contribution in [0.1, 0.15) is 19.4 Å². The molecule has 2 fully saturated rings. The molecule has 0 bridgehead atoms. The lowest BCUT2D eigenvalue weighted by Gasteiger charge is -2.16. The fourth-order valence-corrected chi connectivity index (χ4v) is 2.42. The SMILES string of the molecule is CC1(C)O[C@H]([C@H]2CO2)[C@H](COCc2ccccc2)O1. The van der Waals surface area contributed by atoms with Gasteiger partial charge in [0.25, 0.3) is 0 Å². The second-order valence-corrected chi connectivity index (χ2v) is 5.51. The molecule has 104 valence electrons. The maximum absolute atomic E-state index is 5.87. The molecule has 3 atom stereocenters. The van der Waals surface area contributed by atoms with Crippen molar-refractivity contribution >= 4 is 0 Å². The standard InChI is InChI=1S/C15H20O4/c1-15(2)18-13(14(19-15)12-10-17-12)9-16-8-11-6-4-3-5-7-11/h3-7,12-14H,8-10H2,1-2H3/t12-,13+,14-/m1/s1. The van der Waals surface area contributed by atoms with Crippen LogP contribution in [0.5, 0.6) is 0 Å². The molecule has 0 radical (unpaired) electrons. The number of hydrogen-bond donors (Lipinski definition) is 0. The largest absolute Gasteiger partial charge is 0.374 e. The van der Waals surface area contributed by atoms with Crippen molar-refractivity contribution in [2.45, 2.75) is 44.6 Å². The van der Waals surface area contributed by atoms with Crippen molar-refractivity contribution in [2.24, 2.45) is 0 Å². The second-order valence-electron chi connectivity index (χ2n) is 5.51. The Morgan fingerprint density at radius 1 is 1.21 bits per heavy atom. The van der Waals surface area contributed by atoms with Gasteiger partial charge in [-0.15, -0.1) is 0 Å². The molecule has 0 N–H and O–H groups in total. The van der Waals surface area contributed by atoms with Crippen molar-refractivity contribution in [1.82, 2.24) is 0 Å². The minimum Gasteiger partial charge on any atom is -0.374 e. The van der Waals surface area contributed by atoms with Crippen LogP contribution in [0, 0.1) is 0 Å². The Labute approximate surface area is 113 Å². The summed E-state index contributed by atoms with van der Waals surface area (Å²) in [5, 5.41) is 0. The van der Waals surface area contributed by atoms with Crippen molar-refractivity contribution in [3.8, 4) is 0 Å². The van der Waals surface area contributed by atoms with Crippen LogP contribution in [0.4, 0.5) is 0 Å². The molecule has 0 aliphatic carbocycles. The topological polar surface area (TPSA) is 40.2 Å². The highest BCUT2D eigenvalue weighted by atomic mass is 16.8. The van der Waals surface area contributed by atoms with Crippen molar-refractivity contribution in [2.75, 3.05) is 13.2 Å². The number of rotatable bonds is 5. The van der Waals surface area contributed by atoms with Crippen molar-refractivity contribution in [3.63, 3.8) is 0 Å². The minimum atomic E-state index is -0.544. The van der Waals surface area contributed by atoms with Gasteiger partial charge in [-0.05, 0) is 19.4 Å². The molecule has 0 amide bonds. The molecule has 4 heteroatoms. The smallest absolute Gasteiger partial charge is 0.164 e. The van der Waals surface area contributed by atoms with E-state index in [0.717, 1.165) is 6.61 Å². The summed E-state index contributed by atoms with van der Waals surface area (Å²) in [7, 11) is 0. The predicted molar refractivity (Wildman–Crippen MR) is 69.7 cm³/mol. The van der Waals surface area contributed by atoms with E-state index in [1.54, 1.807) is 0 Å². The summed E-state index contributed by atoms with van der Waals surface area (Å²) in [6, 6.07) is 10.1. The summed E-state index contributed by atoms with van der Waals surface area (Å²) in [5.41, 5.74) is 1.17. The van der Waals surface area contributed by atoms with Crippen LogP contribution < -0.4 is 0 Å². The number of benzene rings is 1. The molecule has 2 aliphatic rings. The van der Waals surface area contributed by atoms with E-state index >= 15 is 0 Å². The monoisotopic (exact) mass is 264 g/mol. The molecule has 2 heterocycles. The van der Waals surface area contributed by atoms with Gasteiger partial charge in [-0.1, -0.05) is 30.3 Å². The third-order valence-electron chi connectivity index (χ3n) is 3.34. The highest BCUT2D eigenvalue weighted by Gasteiger charge is 2.49. The summed E-state index contributed by atoms with van der Waals surface area (Å²) in [6.07, 6.45) is 0.115. The molecule has 2 aliphatic heterocycles. The van der Waals surface area contributed by atoms with Gasteiger partial charge in [-0.2, -0.15) is 0 Å².